The molecule has 2 aromatic rings. The number of carbonyl (C=O) groups is 1. The van der Waals surface area contributed by atoms with Gasteiger partial charge in [0.05, 0.1) is 18.8 Å². The molecule has 0 bridgehead atoms. The highest BCUT2D eigenvalue weighted by Crippen LogP contribution is 2.43. The van der Waals surface area contributed by atoms with Crippen LogP contribution in [-0.4, -0.2) is 25.2 Å². The van der Waals surface area contributed by atoms with Gasteiger partial charge in [0.1, 0.15) is 0 Å². The van der Waals surface area contributed by atoms with Gasteiger partial charge in [0, 0.05) is 36.9 Å². The van der Waals surface area contributed by atoms with Crippen molar-refractivity contribution in [1.29, 1.82) is 0 Å². The maximum absolute atomic E-state index is 12.4. The Balaban J connectivity index is 1.84. The number of hydrogen-bond acceptors (Lipinski definition) is 3. The van der Waals surface area contributed by atoms with Crippen LogP contribution in [0.1, 0.15) is 49.5 Å². The van der Waals surface area contributed by atoms with E-state index in [2.05, 4.69) is 24.4 Å². The Labute approximate surface area is 165 Å². The molecule has 0 radical (unpaired) electrons. The molecule has 0 unspecified atom stereocenters. The molecule has 1 fully saturated rings. The van der Waals surface area contributed by atoms with E-state index in [0.29, 0.717) is 24.5 Å². The summed E-state index contributed by atoms with van der Waals surface area (Å²) in [5.74, 6) is 0.00270. The summed E-state index contributed by atoms with van der Waals surface area (Å²) >= 11 is 6.04. The molecule has 1 amide bonds. The number of methoxy groups -OCH3 is 1. The van der Waals surface area contributed by atoms with Crippen LogP contribution in [0, 0.1) is 0 Å². The molecule has 2 aromatic carbocycles. The van der Waals surface area contributed by atoms with Crippen LogP contribution in [0.2, 0.25) is 5.02 Å². The first kappa shape index (κ1) is 19.9. The van der Waals surface area contributed by atoms with Crippen LogP contribution in [0.5, 0.6) is 0 Å². The number of nitrogens with one attached hydrogen (secondary N) is 1. The molecule has 1 saturated heterocycles. The van der Waals surface area contributed by atoms with E-state index in [4.69, 9.17) is 21.1 Å². The Morgan fingerprint density at radius 3 is 2.30 bits per heavy atom. The molecule has 4 nitrogen and oxygen atoms in total. The molecule has 1 aliphatic rings. The summed E-state index contributed by atoms with van der Waals surface area (Å²) in [6.07, 6.45) is 1.58. The van der Waals surface area contributed by atoms with Gasteiger partial charge in [-0.05, 0) is 30.2 Å². The van der Waals surface area contributed by atoms with Crippen LogP contribution >= 0.6 is 11.6 Å². The molecule has 0 aliphatic carbocycles. The van der Waals surface area contributed by atoms with Gasteiger partial charge in [-0.2, -0.15) is 0 Å². The van der Waals surface area contributed by atoms with E-state index in [1.165, 1.54) is 0 Å². The van der Waals surface area contributed by atoms with Crippen LogP contribution in [-0.2, 0) is 14.3 Å². The Bertz CT molecular complexity index is 750. The zero-order valence-corrected chi connectivity index (χ0v) is 16.5. The number of halogens is 1. The van der Waals surface area contributed by atoms with E-state index in [-0.39, 0.29) is 23.7 Å². The van der Waals surface area contributed by atoms with E-state index in [9.17, 15) is 4.79 Å². The summed E-state index contributed by atoms with van der Waals surface area (Å²) in [7, 11) is 1.60. The smallest absolute Gasteiger partial charge is 0.222 e. The average molecular weight is 388 g/mol. The zero-order valence-electron chi connectivity index (χ0n) is 15.8. The number of benzene rings is 2. The Kier molecular flexibility index (Phi) is 6.53. The van der Waals surface area contributed by atoms with Crippen molar-refractivity contribution in [2.75, 3.05) is 13.7 Å². The normalized spacial score (nSPS) is 25.1. The second kappa shape index (κ2) is 8.87. The number of hydrogen-bond donors (Lipinski definition) is 1. The van der Waals surface area contributed by atoms with Crippen molar-refractivity contribution in [3.8, 4) is 0 Å². The standard InChI is InChI=1S/C22H26ClNO3/c1-22(24-21(25)12-13-26-2)14-19(16-6-4-3-5-7-16)27-20(15-22)17-8-10-18(23)11-9-17/h3-11,19-20H,12-15H2,1-2H3,(H,24,25)/t19-,20+,22-/m1/s1. The summed E-state index contributed by atoms with van der Waals surface area (Å²) in [5, 5.41) is 3.91. The minimum absolute atomic E-state index is 0.00270. The molecule has 1 N–H and O–H groups in total. The molecule has 5 heteroatoms. The highest BCUT2D eigenvalue weighted by molar-refractivity contribution is 6.30. The van der Waals surface area contributed by atoms with Gasteiger partial charge in [-0.1, -0.05) is 54.1 Å². The van der Waals surface area contributed by atoms with Gasteiger partial charge in [0.15, 0.2) is 0 Å². The molecule has 27 heavy (non-hydrogen) atoms. The summed E-state index contributed by atoms with van der Waals surface area (Å²) in [6, 6.07) is 17.9. The zero-order chi connectivity index (χ0) is 19.3. The van der Waals surface area contributed by atoms with Crippen molar-refractivity contribution in [1.82, 2.24) is 5.32 Å². The molecule has 0 spiro atoms. The third-order valence-corrected chi connectivity index (χ3v) is 5.24. The summed E-state index contributed by atoms with van der Waals surface area (Å²) in [4.78, 5) is 12.4. The van der Waals surface area contributed by atoms with Gasteiger partial charge >= 0.3 is 0 Å². The largest absolute Gasteiger partial charge is 0.384 e. The predicted octanol–water partition coefficient (Wildman–Crippen LogP) is 4.84. The highest BCUT2D eigenvalue weighted by atomic mass is 35.5. The lowest BCUT2D eigenvalue weighted by atomic mass is 9.81. The fourth-order valence-corrected chi connectivity index (χ4v) is 3.76. The van der Waals surface area contributed by atoms with Gasteiger partial charge in [0.2, 0.25) is 5.91 Å². The molecule has 3 atom stereocenters. The number of carbonyl (C=O) groups excluding carboxylic acids is 1. The van der Waals surface area contributed by atoms with Crippen molar-refractivity contribution in [2.24, 2.45) is 0 Å². The lowest BCUT2D eigenvalue weighted by Gasteiger charge is -2.43. The molecule has 1 heterocycles. The van der Waals surface area contributed by atoms with Gasteiger partial charge in [-0.25, -0.2) is 0 Å². The number of rotatable bonds is 6. The van der Waals surface area contributed by atoms with Crippen molar-refractivity contribution in [3.63, 3.8) is 0 Å². The third-order valence-electron chi connectivity index (χ3n) is 4.99. The minimum Gasteiger partial charge on any atom is -0.384 e. The van der Waals surface area contributed by atoms with Crippen LogP contribution in [0.25, 0.3) is 0 Å². The van der Waals surface area contributed by atoms with Crippen LogP contribution in [0.3, 0.4) is 0 Å². The van der Waals surface area contributed by atoms with E-state index >= 15 is 0 Å². The first-order valence-electron chi connectivity index (χ1n) is 9.25. The first-order valence-corrected chi connectivity index (χ1v) is 9.63. The van der Waals surface area contributed by atoms with E-state index < -0.39 is 0 Å². The van der Waals surface area contributed by atoms with Crippen molar-refractivity contribution < 1.29 is 14.3 Å². The van der Waals surface area contributed by atoms with Gasteiger partial charge in [-0.3, -0.25) is 4.79 Å². The molecule has 0 aromatic heterocycles. The maximum Gasteiger partial charge on any atom is 0.222 e. The maximum atomic E-state index is 12.4. The van der Waals surface area contributed by atoms with Gasteiger partial charge in [-0.15, -0.1) is 0 Å². The van der Waals surface area contributed by atoms with Crippen molar-refractivity contribution in [2.45, 2.75) is 43.9 Å². The molecule has 144 valence electrons. The Hall–Kier alpha value is -1.88. The second-order valence-electron chi connectivity index (χ2n) is 7.34. The first-order chi connectivity index (χ1) is 13.0. The topological polar surface area (TPSA) is 47.6 Å². The quantitative estimate of drug-likeness (QED) is 0.771. The highest BCUT2D eigenvalue weighted by Gasteiger charge is 2.40. The SMILES string of the molecule is COCCC(=O)N[C@@]1(C)C[C@@H](c2ccc(Cl)cc2)O[C@@H](c2ccccc2)C1. The Morgan fingerprint density at radius 2 is 1.70 bits per heavy atom. The summed E-state index contributed by atoms with van der Waals surface area (Å²) in [5.41, 5.74) is 1.82. The summed E-state index contributed by atoms with van der Waals surface area (Å²) < 4.78 is 11.5. The van der Waals surface area contributed by atoms with Crippen molar-refractivity contribution >= 4 is 17.5 Å². The lowest BCUT2D eigenvalue weighted by Crippen LogP contribution is -2.51. The predicted molar refractivity (Wildman–Crippen MR) is 107 cm³/mol. The monoisotopic (exact) mass is 387 g/mol. The number of ether oxygens (including phenoxy) is 2. The second-order valence-corrected chi connectivity index (χ2v) is 7.77. The average Bonchev–Trinajstić information content (AvgIpc) is 2.67. The summed E-state index contributed by atoms with van der Waals surface area (Å²) in [6.45, 7) is 2.51. The number of amides is 1. The molecule has 1 aliphatic heterocycles. The Morgan fingerprint density at radius 1 is 1.11 bits per heavy atom. The van der Waals surface area contributed by atoms with Crippen LogP contribution < -0.4 is 5.32 Å². The molecule has 3 rings (SSSR count). The van der Waals surface area contributed by atoms with Crippen LogP contribution in [0.15, 0.2) is 54.6 Å². The fourth-order valence-electron chi connectivity index (χ4n) is 3.63. The lowest BCUT2D eigenvalue weighted by molar-refractivity contribution is -0.129. The van der Waals surface area contributed by atoms with Crippen molar-refractivity contribution in [3.05, 3.63) is 70.7 Å². The fraction of sp³-hybridized carbons (Fsp3) is 0.409. The molecular formula is C22H26ClNO3. The van der Waals surface area contributed by atoms with Gasteiger partial charge in [0.25, 0.3) is 0 Å². The van der Waals surface area contributed by atoms with E-state index in [1.807, 2.05) is 42.5 Å². The van der Waals surface area contributed by atoms with E-state index in [0.717, 1.165) is 17.5 Å². The van der Waals surface area contributed by atoms with Crippen LogP contribution in [0.4, 0.5) is 0 Å². The molecule has 0 saturated carbocycles. The molecular weight excluding hydrogens is 362 g/mol. The minimum atomic E-state index is -0.367. The third kappa shape index (κ3) is 5.32. The van der Waals surface area contributed by atoms with E-state index in [1.54, 1.807) is 7.11 Å². The van der Waals surface area contributed by atoms with Gasteiger partial charge < -0.3 is 14.8 Å².